The summed E-state index contributed by atoms with van der Waals surface area (Å²) < 4.78 is 1.87. The van der Waals surface area contributed by atoms with Crippen molar-refractivity contribution in [3.8, 4) is 5.69 Å². The zero-order chi connectivity index (χ0) is 11.5. The lowest BCUT2D eigenvalue weighted by atomic mass is 10.2. The largest absolute Gasteiger partial charge is 0.378 e. The monoisotopic (exact) mass is 214 g/mol. The number of aromatic nitrogens is 1. The fourth-order valence-electron chi connectivity index (χ4n) is 1.64. The second-order valence-electron chi connectivity index (χ2n) is 3.83. The van der Waals surface area contributed by atoms with Crippen LogP contribution in [0, 0.1) is 0 Å². The molecule has 3 heteroatoms. The number of nitrogens with zero attached hydrogens (tertiary/aromatic N) is 2. The van der Waals surface area contributed by atoms with Crippen LogP contribution in [-0.2, 0) is 0 Å². The number of aldehydes is 1. The minimum atomic E-state index is 0.664. The number of hydrogen-bond acceptors (Lipinski definition) is 2. The Morgan fingerprint density at radius 3 is 2.38 bits per heavy atom. The van der Waals surface area contributed by atoms with E-state index in [2.05, 4.69) is 0 Å². The Labute approximate surface area is 94.9 Å². The van der Waals surface area contributed by atoms with Crippen LogP contribution >= 0.6 is 0 Å². The molecule has 16 heavy (non-hydrogen) atoms. The maximum Gasteiger partial charge on any atom is 0.166 e. The normalized spacial score (nSPS) is 10.1. The first-order chi connectivity index (χ1) is 7.72. The van der Waals surface area contributed by atoms with E-state index in [-0.39, 0.29) is 0 Å². The van der Waals surface area contributed by atoms with Gasteiger partial charge in [0.1, 0.15) is 0 Å². The van der Waals surface area contributed by atoms with E-state index in [1.807, 2.05) is 60.1 Å². The van der Waals surface area contributed by atoms with Crippen LogP contribution in [0.4, 0.5) is 5.69 Å². The lowest BCUT2D eigenvalue weighted by molar-refractivity contribution is 0.111. The molecule has 0 atom stereocenters. The third-order valence-electron chi connectivity index (χ3n) is 2.55. The molecule has 1 aromatic carbocycles. The van der Waals surface area contributed by atoms with Crippen molar-refractivity contribution in [3.05, 3.63) is 48.3 Å². The van der Waals surface area contributed by atoms with Crippen molar-refractivity contribution in [2.45, 2.75) is 0 Å². The molecule has 2 rings (SSSR count). The van der Waals surface area contributed by atoms with E-state index in [1.54, 1.807) is 6.07 Å². The first kappa shape index (κ1) is 10.5. The van der Waals surface area contributed by atoms with Crippen molar-refractivity contribution in [2.24, 2.45) is 0 Å². The Morgan fingerprint density at radius 1 is 1.12 bits per heavy atom. The van der Waals surface area contributed by atoms with Crippen molar-refractivity contribution in [1.82, 2.24) is 4.57 Å². The molecule has 0 aliphatic carbocycles. The maximum absolute atomic E-state index is 10.8. The summed E-state index contributed by atoms with van der Waals surface area (Å²) in [6.07, 6.45) is 2.74. The lowest BCUT2D eigenvalue weighted by Gasteiger charge is -2.13. The van der Waals surface area contributed by atoms with E-state index in [1.165, 1.54) is 0 Å². The molecular formula is C13H14N2O. The number of rotatable bonds is 3. The Balaban J connectivity index is 2.38. The number of carbonyl (C=O) groups is 1. The van der Waals surface area contributed by atoms with Crippen LogP contribution in [0.2, 0.25) is 0 Å². The van der Waals surface area contributed by atoms with Crippen LogP contribution < -0.4 is 4.90 Å². The van der Waals surface area contributed by atoms with E-state index in [0.717, 1.165) is 17.7 Å². The molecule has 0 bridgehead atoms. The molecular weight excluding hydrogens is 200 g/mol. The molecule has 0 saturated heterocycles. The molecule has 3 nitrogen and oxygen atoms in total. The smallest absolute Gasteiger partial charge is 0.166 e. The number of benzene rings is 1. The molecule has 2 aromatic rings. The summed E-state index contributed by atoms with van der Waals surface area (Å²) in [5, 5.41) is 0. The molecule has 1 heterocycles. The molecule has 0 aliphatic heterocycles. The van der Waals surface area contributed by atoms with Gasteiger partial charge in [0, 0.05) is 31.7 Å². The van der Waals surface area contributed by atoms with Crippen molar-refractivity contribution in [2.75, 3.05) is 19.0 Å². The zero-order valence-corrected chi connectivity index (χ0v) is 9.42. The zero-order valence-electron chi connectivity index (χ0n) is 9.42. The molecule has 0 spiro atoms. The van der Waals surface area contributed by atoms with Crippen molar-refractivity contribution >= 4 is 12.0 Å². The lowest BCUT2D eigenvalue weighted by Crippen LogP contribution is -2.08. The van der Waals surface area contributed by atoms with Gasteiger partial charge in [-0.25, -0.2) is 0 Å². The summed E-state index contributed by atoms with van der Waals surface area (Å²) in [4.78, 5) is 12.8. The average molecular weight is 214 g/mol. The van der Waals surface area contributed by atoms with Gasteiger partial charge in [0.05, 0.1) is 5.69 Å². The highest BCUT2D eigenvalue weighted by molar-refractivity contribution is 5.73. The highest BCUT2D eigenvalue weighted by Gasteiger charge is 2.02. The summed E-state index contributed by atoms with van der Waals surface area (Å²) in [5.41, 5.74) is 2.80. The fourth-order valence-corrected chi connectivity index (χ4v) is 1.64. The Morgan fingerprint density at radius 2 is 1.81 bits per heavy atom. The van der Waals surface area contributed by atoms with Gasteiger partial charge < -0.3 is 9.47 Å². The van der Waals surface area contributed by atoms with Crippen LogP contribution in [-0.4, -0.2) is 24.9 Å². The molecule has 0 amide bonds. The summed E-state index contributed by atoms with van der Waals surface area (Å²) in [6, 6.07) is 11.7. The van der Waals surface area contributed by atoms with E-state index in [9.17, 15) is 4.79 Å². The molecule has 82 valence electrons. The van der Waals surface area contributed by atoms with Crippen LogP contribution in [0.1, 0.15) is 10.5 Å². The summed E-state index contributed by atoms with van der Waals surface area (Å²) in [6.45, 7) is 0. The summed E-state index contributed by atoms with van der Waals surface area (Å²) >= 11 is 0. The number of carbonyl (C=O) groups excluding carboxylic acids is 1. The van der Waals surface area contributed by atoms with E-state index in [0.29, 0.717) is 5.69 Å². The van der Waals surface area contributed by atoms with Gasteiger partial charge in [0.2, 0.25) is 0 Å². The van der Waals surface area contributed by atoms with Gasteiger partial charge in [-0.15, -0.1) is 0 Å². The molecule has 0 saturated carbocycles. The van der Waals surface area contributed by atoms with Gasteiger partial charge in [-0.1, -0.05) is 0 Å². The predicted octanol–water partition coefficient (Wildman–Crippen LogP) is 2.36. The highest BCUT2D eigenvalue weighted by Crippen LogP contribution is 2.16. The summed E-state index contributed by atoms with van der Waals surface area (Å²) in [7, 11) is 4.00. The van der Waals surface area contributed by atoms with Gasteiger partial charge in [-0.3, -0.25) is 4.79 Å². The Bertz CT molecular complexity index is 483. The van der Waals surface area contributed by atoms with Crippen LogP contribution in [0.3, 0.4) is 0 Å². The van der Waals surface area contributed by atoms with Crippen molar-refractivity contribution in [1.29, 1.82) is 0 Å². The van der Waals surface area contributed by atoms with E-state index in [4.69, 9.17) is 0 Å². The molecule has 1 aromatic heterocycles. The molecule has 0 fully saturated rings. The predicted molar refractivity (Wildman–Crippen MR) is 65.5 cm³/mol. The van der Waals surface area contributed by atoms with Crippen LogP contribution in [0.5, 0.6) is 0 Å². The first-order valence-corrected chi connectivity index (χ1v) is 5.12. The minimum Gasteiger partial charge on any atom is -0.378 e. The topological polar surface area (TPSA) is 25.2 Å². The molecule has 0 N–H and O–H groups in total. The second-order valence-corrected chi connectivity index (χ2v) is 3.83. The van der Waals surface area contributed by atoms with Gasteiger partial charge in [-0.05, 0) is 36.4 Å². The van der Waals surface area contributed by atoms with E-state index >= 15 is 0 Å². The van der Waals surface area contributed by atoms with Gasteiger partial charge in [0.25, 0.3) is 0 Å². The van der Waals surface area contributed by atoms with Gasteiger partial charge >= 0.3 is 0 Å². The number of anilines is 1. The highest BCUT2D eigenvalue weighted by atomic mass is 16.1. The van der Waals surface area contributed by atoms with Crippen LogP contribution in [0.15, 0.2) is 42.6 Å². The Hall–Kier alpha value is -2.03. The molecule has 0 aliphatic rings. The van der Waals surface area contributed by atoms with Crippen molar-refractivity contribution in [3.63, 3.8) is 0 Å². The minimum absolute atomic E-state index is 0.664. The first-order valence-electron chi connectivity index (χ1n) is 5.12. The fraction of sp³-hybridized carbons (Fsp3) is 0.154. The SMILES string of the molecule is CN(C)c1ccc(-n2cccc2C=O)cc1. The molecule has 0 radical (unpaired) electrons. The molecule has 0 unspecified atom stereocenters. The third-order valence-corrected chi connectivity index (χ3v) is 2.55. The van der Waals surface area contributed by atoms with Gasteiger partial charge in [0.15, 0.2) is 6.29 Å². The quantitative estimate of drug-likeness (QED) is 0.733. The number of hydrogen-bond donors (Lipinski definition) is 0. The average Bonchev–Trinajstić information content (AvgIpc) is 2.77. The third kappa shape index (κ3) is 1.84. The Kier molecular flexibility index (Phi) is 2.77. The summed E-state index contributed by atoms with van der Waals surface area (Å²) in [5.74, 6) is 0. The maximum atomic E-state index is 10.8. The second kappa shape index (κ2) is 4.23. The van der Waals surface area contributed by atoms with Crippen LogP contribution in [0.25, 0.3) is 5.69 Å². The van der Waals surface area contributed by atoms with E-state index < -0.39 is 0 Å². The standard InChI is InChI=1S/C13H14N2O/c1-14(2)11-5-7-12(8-6-11)15-9-3-4-13(15)10-16/h3-10H,1-2H3. The van der Waals surface area contributed by atoms with Crippen molar-refractivity contribution < 1.29 is 4.79 Å². The van der Waals surface area contributed by atoms with Gasteiger partial charge in [-0.2, -0.15) is 0 Å².